The highest BCUT2D eigenvalue weighted by atomic mass is 35.5. The first kappa shape index (κ1) is 20.5. The van der Waals surface area contributed by atoms with E-state index in [9.17, 15) is 13.2 Å². The number of anilines is 1. The lowest BCUT2D eigenvalue weighted by atomic mass is 10.2. The maximum Gasteiger partial charge on any atom is 0.238 e. The smallest absolute Gasteiger partial charge is 0.238 e. The fourth-order valence-corrected chi connectivity index (χ4v) is 4.17. The van der Waals surface area contributed by atoms with Gasteiger partial charge in [0.2, 0.25) is 15.9 Å². The number of benzene rings is 1. The quantitative estimate of drug-likeness (QED) is 0.725. The Balaban J connectivity index is 1.50. The van der Waals surface area contributed by atoms with Crippen molar-refractivity contribution in [1.29, 1.82) is 0 Å². The molecule has 1 fully saturated rings. The van der Waals surface area contributed by atoms with Gasteiger partial charge in [-0.1, -0.05) is 41.9 Å². The summed E-state index contributed by atoms with van der Waals surface area (Å²) in [6, 6.07) is 12.6. The van der Waals surface area contributed by atoms with E-state index in [0.29, 0.717) is 31.9 Å². The summed E-state index contributed by atoms with van der Waals surface area (Å²) >= 11 is 5.94. The van der Waals surface area contributed by atoms with Crippen LogP contribution in [0.4, 0.5) is 5.69 Å². The van der Waals surface area contributed by atoms with Crippen molar-refractivity contribution in [2.24, 2.45) is 0 Å². The standard InChI is InChI=1S/C19H21ClN4O3S/c20-19-17(7-4-9-21-19)22-18(25)15-23-10-12-24(13-11-23)28(26,27)14-8-16-5-2-1-3-6-16/h1-9,14H,10-13,15H2,(H,22,25)/b14-8-. The van der Waals surface area contributed by atoms with Crippen LogP contribution >= 0.6 is 11.6 Å². The molecule has 0 radical (unpaired) electrons. The topological polar surface area (TPSA) is 82.6 Å². The Labute approximate surface area is 169 Å². The number of nitrogens with zero attached hydrogens (tertiary/aromatic N) is 3. The minimum absolute atomic E-state index is 0.166. The molecule has 1 aliphatic rings. The number of sulfonamides is 1. The molecular weight excluding hydrogens is 400 g/mol. The van der Waals surface area contributed by atoms with Crippen LogP contribution < -0.4 is 5.32 Å². The molecule has 0 saturated carbocycles. The van der Waals surface area contributed by atoms with Crippen molar-refractivity contribution in [1.82, 2.24) is 14.2 Å². The predicted octanol–water partition coefficient (Wildman–Crippen LogP) is 2.29. The third-order valence-electron chi connectivity index (χ3n) is 4.32. The van der Waals surface area contributed by atoms with Gasteiger partial charge in [0.05, 0.1) is 12.2 Å². The third kappa shape index (κ3) is 5.62. The lowest BCUT2D eigenvalue weighted by Gasteiger charge is -2.32. The van der Waals surface area contributed by atoms with Crippen molar-refractivity contribution in [3.63, 3.8) is 0 Å². The van der Waals surface area contributed by atoms with Gasteiger partial charge in [0.25, 0.3) is 0 Å². The number of aromatic nitrogens is 1. The molecule has 7 nitrogen and oxygen atoms in total. The van der Waals surface area contributed by atoms with E-state index in [4.69, 9.17) is 11.6 Å². The zero-order valence-electron chi connectivity index (χ0n) is 15.2. The number of rotatable bonds is 6. The predicted molar refractivity (Wildman–Crippen MR) is 110 cm³/mol. The molecule has 0 atom stereocenters. The molecule has 148 valence electrons. The third-order valence-corrected chi connectivity index (χ3v) is 6.19. The number of pyridine rings is 1. The Morgan fingerprint density at radius 3 is 2.50 bits per heavy atom. The van der Waals surface area contributed by atoms with Crippen molar-refractivity contribution < 1.29 is 13.2 Å². The normalized spacial score (nSPS) is 16.3. The van der Waals surface area contributed by atoms with Crippen LogP contribution in [0.1, 0.15) is 5.56 Å². The van der Waals surface area contributed by atoms with Crippen LogP contribution in [-0.2, 0) is 14.8 Å². The maximum absolute atomic E-state index is 12.5. The Bertz CT molecular complexity index is 943. The number of halogens is 1. The first-order valence-corrected chi connectivity index (χ1v) is 10.7. The number of carbonyl (C=O) groups excluding carboxylic acids is 1. The second-order valence-electron chi connectivity index (χ2n) is 6.32. The zero-order chi connectivity index (χ0) is 20.0. The van der Waals surface area contributed by atoms with Crippen LogP contribution in [0.2, 0.25) is 5.15 Å². The highest BCUT2D eigenvalue weighted by Gasteiger charge is 2.26. The fourth-order valence-electron chi connectivity index (χ4n) is 2.83. The van der Waals surface area contributed by atoms with E-state index in [-0.39, 0.29) is 17.6 Å². The van der Waals surface area contributed by atoms with Crippen molar-refractivity contribution in [3.05, 3.63) is 64.8 Å². The molecule has 0 unspecified atom stereocenters. The summed E-state index contributed by atoms with van der Waals surface area (Å²) in [6.45, 7) is 1.79. The van der Waals surface area contributed by atoms with E-state index in [1.54, 1.807) is 24.4 Å². The molecule has 0 bridgehead atoms. The van der Waals surface area contributed by atoms with Crippen molar-refractivity contribution >= 4 is 39.3 Å². The average molecular weight is 421 g/mol. The largest absolute Gasteiger partial charge is 0.322 e. The molecule has 1 aromatic carbocycles. The van der Waals surface area contributed by atoms with Crippen LogP contribution in [0, 0.1) is 0 Å². The van der Waals surface area contributed by atoms with Crippen LogP contribution in [0.5, 0.6) is 0 Å². The van der Waals surface area contributed by atoms with Gasteiger partial charge in [-0.05, 0) is 23.8 Å². The first-order chi connectivity index (χ1) is 13.4. The fraction of sp³-hybridized carbons (Fsp3) is 0.263. The van der Waals surface area contributed by atoms with Crippen LogP contribution in [-0.4, -0.2) is 61.2 Å². The van der Waals surface area contributed by atoms with Crippen molar-refractivity contribution in [2.45, 2.75) is 0 Å². The van der Waals surface area contributed by atoms with Gasteiger partial charge in [0.15, 0.2) is 5.15 Å². The molecule has 1 aromatic heterocycles. The van der Waals surface area contributed by atoms with E-state index in [1.807, 2.05) is 35.2 Å². The summed E-state index contributed by atoms with van der Waals surface area (Å²) in [5, 5.41) is 4.18. The molecule has 2 heterocycles. The van der Waals surface area contributed by atoms with E-state index in [2.05, 4.69) is 10.3 Å². The highest BCUT2D eigenvalue weighted by molar-refractivity contribution is 7.92. The van der Waals surface area contributed by atoms with Crippen LogP contribution in [0.3, 0.4) is 0 Å². The van der Waals surface area contributed by atoms with Crippen molar-refractivity contribution in [3.8, 4) is 0 Å². The molecular formula is C19H21ClN4O3S. The van der Waals surface area contributed by atoms with E-state index >= 15 is 0 Å². The highest BCUT2D eigenvalue weighted by Crippen LogP contribution is 2.17. The Kier molecular flexibility index (Phi) is 6.79. The van der Waals surface area contributed by atoms with Gasteiger partial charge >= 0.3 is 0 Å². The van der Waals surface area contributed by atoms with Gasteiger partial charge in [0, 0.05) is 37.8 Å². The first-order valence-electron chi connectivity index (χ1n) is 8.80. The molecule has 28 heavy (non-hydrogen) atoms. The Morgan fingerprint density at radius 2 is 1.82 bits per heavy atom. The summed E-state index contributed by atoms with van der Waals surface area (Å²) in [7, 11) is -3.49. The Hall–Kier alpha value is -2.26. The number of nitrogens with one attached hydrogen (secondary N) is 1. The zero-order valence-corrected chi connectivity index (χ0v) is 16.7. The number of amides is 1. The van der Waals surface area contributed by atoms with Gasteiger partial charge in [-0.25, -0.2) is 13.4 Å². The second-order valence-corrected chi connectivity index (χ2v) is 8.50. The van der Waals surface area contributed by atoms with Crippen LogP contribution in [0.15, 0.2) is 54.1 Å². The maximum atomic E-state index is 12.5. The van der Waals surface area contributed by atoms with Gasteiger partial charge in [-0.2, -0.15) is 4.31 Å². The summed E-state index contributed by atoms with van der Waals surface area (Å²) < 4.78 is 26.4. The van der Waals surface area contributed by atoms with Gasteiger partial charge in [-0.3, -0.25) is 9.69 Å². The molecule has 1 aliphatic heterocycles. The van der Waals surface area contributed by atoms with E-state index in [1.165, 1.54) is 9.71 Å². The second kappa shape index (κ2) is 9.29. The van der Waals surface area contributed by atoms with E-state index < -0.39 is 10.0 Å². The van der Waals surface area contributed by atoms with E-state index in [0.717, 1.165) is 5.56 Å². The molecule has 2 aromatic rings. The lowest BCUT2D eigenvalue weighted by Crippen LogP contribution is -2.49. The minimum Gasteiger partial charge on any atom is -0.322 e. The number of piperazine rings is 1. The molecule has 1 amide bonds. The number of hydrogen-bond donors (Lipinski definition) is 1. The monoisotopic (exact) mass is 420 g/mol. The molecule has 9 heteroatoms. The molecule has 1 N–H and O–H groups in total. The molecule has 3 rings (SSSR count). The molecule has 0 spiro atoms. The van der Waals surface area contributed by atoms with Crippen LogP contribution in [0.25, 0.3) is 6.08 Å². The molecule has 1 saturated heterocycles. The number of hydrogen-bond acceptors (Lipinski definition) is 5. The summed E-state index contributed by atoms with van der Waals surface area (Å²) in [4.78, 5) is 18.0. The molecule has 0 aliphatic carbocycles. The van der Waals surface area contributed by atoms with Gasteiger partial charge in [0.1, 0.15) is 0 Å². The summed E-state index contributed by atoms with van der Waals surface area (Å²) in [5.41, 5.74) is 1.29. The lowest BCUT2D eigenvalue weighted by molar-refractivity contribution is -0.117. The van der Waals surface area contributed by atoms with Crippen molar-refractivity contribution in [2.75, 3.05) is 38.0 Å². The SMILES string of the molecule is O=C(CN1CCN(S(=O)(=O)/C=C\c2ccccc2)CC1)Nc1cccnc1Cl. The summed E-state index contributed by atoms with van der Waals surface area (Å²) in [5.74, 6) is -0.213. The minimum atomic E-state index is -3.49. The Morgan fingerprint density at radius 1 is 1.11 bits per heavy atom. The summed E-state index contributed by atoms with van der Waals surface area (Å²) in [6.07, 6.45) is 3.14. The number of carbonyl (C=O) groups is 1. The van der Waals surface area contributed by atoms with Gasteiger partial charge in [-0.15, -0.1) is 0 Å². The average Bonchev–Trinajstić information content (AvgIpc) is 2.69. The van der Waals surface area contributed by atoms with Gasteiger partial charge < -0.3 is 5.32 Å².